The third kappa shape index (κ3) is 6.46. The van der Waals surface area contributed by atoms with Gasteiger partial charge in [-0.05, 0) is 18.2 Å². The number of hydrogen-bond donors (Lipinski definition) is 0. The van der Waals surface area contributed by atoms with Crippen LogP contribution in [0.25, 0.3) is 0 Å². The van der Waals surface area contributed by atoms with Crippen molar-refractivity contribution in [1.82, 2.24) is 4.90 Å². The molecule has 0 aliphatic carbocycles. The van der Waals surface area contributed by atoms with Crippen molar-refractivity contribution in [3.63, 3.8) is 0 Å². The predicted molar refractivity (Wildman–Crippen MR) is 83.6 cm³/mol. The van der Waals surface area contributed by atoms with Crippen LogP contribution in [0.4, 0.5) is 0 Å². The van der Waals surface area contributed by atoms with E-state index in [4.69, 9.17) is 32.7 Å². The zero-order chi connectivity index (χ0) is 15.8. The van der Waals surface area contributed by atoms with Crippen LogP contribution in [-0.2, 0) is 9.53 Å². The second-order valence-electron chi connectivity index (χ2n) is 4.06. The van der Waals surface area contributed by atoms with Gasteiger partial charge in [0.1, 0.15) is 5.75 Å². The summed E-state index contributed by atoms with van der Waals surface area (Å²) in [5, 5.41) is 0.799. The number of amides is 1. The molecule has 1 amide bonds. The minimum atomic E-state index is -0.547. The van der Waals surface area contributed by atoms with Gasteiger partial charge in [-0.15, -0.1) is 0 Å². The highest BCUT2D eigenvalue weighted by Gasteiger charge is 2.07. The van der Waals surface area contributed by atoms with Crippen LogP contribution in [0.15, 0.2) is 28.2 Å². The Morgan fingerprint density at radius 2 is 2.10 bits per heavy atom. The average molecular weight is 332 g/mol. The van der Waals surface area contributed by atoms with Crippen molar-refractivity contribution in [2.75, 3.05) is 27.8 Å². The number of rotatable bonds is 4. The summed E-state index contributed by atoms with van der Waals surface area (Å²) in [7, 11) is 4.94. The van der Waals surface area contributed by atoms with Gasteiger partial charge in [0.25, 0.3) is 5.91 Å². The molecule has 6 nitrogen and oxygen atoms in total. The normalized spacial score (nSPS) is 11.6. The minimum absolute atomic E-state index is 0.0560. The third-order valence-corrected chi connectivity index (χ3v) is 2.58. The third-order valence-electron chi connectivity index (χ3n) is 2.05. The van der Waals surface area contributed by atoms with Crippen molar-refractivity contribution >= 4 is 41.5 Å². The van der Waals surface area contributed by atoms with Gasteiger partial charge in [-0.25, -0.2) is 0 Å². The molecule has 0 aliphatic rings. The number of nitrogens with zero attached hydrogens (tertiary/aromatic N) is 3. The Balaban J connectivity index is 2.64. The highest BCUT2D eigenvalue weighted by molar-refractivity contribution is 6.35. The van der Waals surface area contributed by atoms with Crippen molar-refractivity contribution < 1.29 is 14.3 Å². The molecule has 0 saturated carbocycles. The molecule has 0 spiro atoms. The zero-order valence-electron chi connectivity index (χ0n) is 11.8. The van der Waals surface area contributed by atoms with Gasteiger partial charge >= 0.3 is 6.02 Å². The summed E-state index contributed by atoms with van der Waals surface area (Å²) >= 11 is 11.7. The molecular formula is C13H15Cl2N3O3. The van der Waals surface area contributed by atoms with Crippen LogP contribution in [0.3, 0.4) is 0 Å². The average Bonchev–Trinajstić information content (AvgIpc) is 2.42. The van der Waals surface area contributed by atoms with Crippen LogP contribution in [0.1, 0.15) is 0 Å². The molecule has 1 rings (SSSR count). The Morgan fingerprint density at radius 1 is 1.38 bits per heavy atom. The molecule has 0 aromatic heterocycles. The van der Waals surface area contributed by atoms with Gasteiger partial charge in [-0.3, -0.25) is 4.79 Å². The molecule has 0 N–H and O–H groups in total. The number of benzene rings is 1. The Labute approximate surface area is 133 Å². The van der Waals surface area contributed by atoms with Crippen LogP contribution < -0.4 is 4.74 Å². The fourth-order valence-corrected chi connectivity index (χ4v) is 1.63. The van der Waals surface area contributed by atoms with Crippen molar-refractivity contribution in [2.45, 2.75) is 0 Å². The van der Waals surface area contributed by atoms with Crippen molar-refractivity contribution in [3.05, 3.63) is 28.2 Å². The van der Waals surface area contributed by atoms with E-state index < -0.39 is 5.91 Å². The topological polar surface area (TPSA) is 63.5 Å². The van der Waals surface area contributed by atoms with Crippen LogP contribution in [0.5, 0.6) is 5.75 Å². The van der Waals surface area contributed by atoms with Gasteiger partial charge in [0.15, 0.2) is 6.61 Å². The molecule has 0 atom stereocenters. The summed E-state index contributed by atoms with van der Waals surface area (Å²) in [6, 6.07) is 4.65. The molecule has 0 bridgehead atoms. The van der Waals surface area contributed by atoms with Crippen LogP contribution >= 0.6 is 23.2 Å². The summed E-state index contributed by atoms with van der Waals surface area (Å²) < 4.78 is 10.1. The van der Waals surface area contributed by atoms with Gasteiger partial charge in [0, 0.05) is 19.1 Å². The Kier molecular flexibility index (Phi) is 6.98. The zero-order valence-corrected chi connectivity index (χ0v) is 13.4. The highest BCUT2D eigenvalue weighted by Crippen LogP contribution is 2.27. The number of methoxy groups -OCH3 is 1. The fraction of sp³-hybridized carbons (Fsp3) is 0.308. The Morgan fingerprint density at radius 3 is 2.67 bits per heavy atom. The van der Waals surface area contributed by atoms with E-state index in [0.717, 1.165) is 0 Å². The lowest BCUT2D eigenvalue weighted by Crippen LogP contribution is -2.14. The van der Waals surface area contributed by atoms with Crippen LogP contribution in [0, 0.1) is 0 Å². The van der Waals surface area contributed by atoms with Gasteiger partial charge in [-0.2, -0.15) is 9.98 Å². The summed E-state index contributed by atoms with van der Waals surface area (Å²) in [4.78, 5) is 20.9. The lowest BCUT2D eigenvalue weighted by Gasteiger charge is -2.06. The Bertz CT molecular complexity index is 560. The highest BCUT2D eigenvalue weighted by atomic mass is 35.5. The maximum atomic E-state index is 11.7. The van der Waals surface area contributed by atoms with Gasteiger partial charge in [-0.1, -0.05) is 23.2 Å². The molecule has 0 aliphatic heterocycles. The molecule has 114 valence electrons. The number of amidine groups is 1. The van der Waals surface area contributed by atoms with E-state index >= 15 is 0 Å². The molecule has 1 aromatic rings. The molecule has 0 radical (unpaired) electrons. The number of hydrogen-bond acceptors (Lipinski definition) is 3. The molecule has 0 unspecified atom stereocenters. The van der Waals surface area contributed by atoms with E-state index in [1.54, 1.807) is 31.1 Å². The van der Waals surface area contributed by atoms with Gasteiger partial charge in [0.05, 0.1) is 18.5 Å². The molecule has 8 heteroatoms. The Hall–Kier alpha value is -1.79. The van der Waals surface area contributed by atoms with E-state index in [0.29, 0.717) is 15.8 Å². The van der Waals surface area contributed by atoms with Gasteiger partial charge in [0.2, 0.25) is 0 Å². The number of carbonyl (C=O) groups is 1. The summed E-state index contributed by atoms with van der Waals surface area (Å²) in [6.45, 7) is -0.286. The van der Waals surface area contributed by atoms with Crippen molar-refractivity contribution in [2.24, 2.45) is 9.98 Å². The minimum Gasteiger partial charge on any atom is -0.482 e. The van der Waals surface area contributed by atoms with Crippen LogP contribution in [-0.4, -0.2) is 51.0 Å². The monoisotopic (exact) mass is 331 g/mol. The molecule has 0 heterocycles. The first-order valence-corrected chi connectivity index (χ1v) is 6.62. The number of ether oxygens (including phenoxy) is 2. The molecule has 0 fully saturated rings. The summed E-state index contributed by atoms with van der Waals surface area (Å²) in [6.07, 6.45) is 1.46. The largest absolute Gasteiger partial charge is 0.482 e. The first-order chi connectivity index (χ1) is 9.92. The SMILES string of the molecule is COC(N=CN(C)C)=NC(=O)COc1ccc(Cl)cc1Cl. The standard InChI is InChI=1S/C13H15Cl2N3O3/c1-18(2)8-16-13(20-3)17-12(19)7-21-11-5-4-9(14)6-10(11)15/h4-6,8H,7H2,1-3H3. The molecule has 0 saturated heterocycles. The summed E-state index contributed by atoms with van der Waals surface area (Å²) in [5.41, 5.74) is 0. The van der Waals surface area contributed by atoms with E-state index in [-0.39, 0.29) is 12.6 Å². The van der Waals surface area contributed by atoms with E-state index in [1.807, 2.05) is 0 Å². The molecule has 21 heavy (non-hydrogen) atoms. The fourth-order valence-electron chi connectivity index (χ4n) is 1.16. The van der Waals surface area contributed by atoms with E-state index in [1.165, 1.54) is 19.5 Å². The maximum absolute atomic E-state index is 11.7. The molecule has 1 aromatic carbocycles. The van der Waals surface area contributed by atoms with Crippen LogP contribution in [0.2, 0.25) is 10.0 Å². The van der Waals surface area contributed by atoms with E-state index in [9.17, 15) is 4.79 Å². The second-order valence-corrected chi connectivity index (χ2v) is 4.91. The lowest BCUT2D eigenvalue weighted by atomic mass is 10.3. The summed E-state index contributed by atoms with van der Waals surface area (Å²) in [5.74, 6) is -0.200. The second kappa shape index (κ2) is 8.49. The number of halogens is 2. The lowest BCUT2D eigenvalue weighted by molar-refractivity contribution is -0.119. The van der Waals surface area contributed by atoms with E-state index in [2.05, 4.69) is 9.98 Å². The first kappa shape index (κ1) is 17.3. The number of carbonyl (C=O) groups excluding carboxylic acids is 1. The van der Waals surface area contributed by atoms with Crippen molar-refractivity contribution in [3.8, 4) is 5.75 Å². The smallest absolute Gasteiger partial charge is 0.320 e. The maximum Gasteiger partial charge on any atom is 0.320 e. The quantitative estimate of drug-likeness (QED) is 0.628. The first-order valence-electron chi connectivity index (χ1n) is 5.86. The number of aliphatic imine (C=N–C) groups is 2. The van der Waals surface area contributed by atoms with Gasteiger partial charge < -0.3 is 14.4 Å². The predicted octanol–water partition coefficient (Wildman–Crippen LogP) is 2.49. The van der Waals surface area contributed by atoms with Crippen molar-refractivity contribution in [1.29, 1.82) is 0 Å². The molecular weight excluding hydrogens is 317 g/mol.